The van der Waals surface area contributed by atoms with Crippen molar-refractivity contribution in [2.45, 2.75) is 13.0 Å². The molecule has 3 rings (SSSR count). The van der Waals surface area contributed by atoms with Gasteiger partial charge in [-0.2, -0.15) is 5.10 Å². The number of ether oxygens (including phenoxy) is 2. The normalized spacial score (nSPS) is 14.4. The van der Waals surface area contributed by atoms with Gasteiger partial charge in [0, 0.05) is 42.9 Å². The molecule has 1 aliphatic rings. The highest BCUT2D eigenvalue weighted by Crippen LogP contribution is 2.41. The number of fused-ring (bicyclic) bond motifs is 1. The average Bonchev–Trinajstić information content (AvgIpc) is 2.96. The Bertz CT molecular complexity index is 756. The van der Waals surface area contributed by atoms with E-state index in [2.05, 4.69) is 15.1 Å². The second kappa shape index (κ2) is 5.88. The number of nitrogens with zero attached hydrogens (tertiary/aromatic N) is 3. The zero-order chi connectivity index (χ0) is 16.6. The van der Waals surface area contributed by atoms with Gasteiger partial charge in [-0.15, -0.1) is 0 Å². The van der Waals surface area contributed by atoms with Gasteiger partial charge in [0.15, 0.2) is 0 Å². The fourth-order valence-electron chi connectivity index (χ4n) is 2.86. The maximum Gasteiger partial charge on any atom is 0.311 e. The van der Waals surface area contributed by atoms with Crippen LogP contribution in [0.2, 0.25) is 0 Å². The van der Waals surface area contributed by atoms with Crippen LogP contribution < -0.4 is 9.47 Å². The molecule has 0 aliphatic carbocycles. The predicted molar refractivity (Wildman–Crippen MR) is 83.8 cm³/mol. The summed E-state index contributed by atoms with van der Waals surface area (Å²) >= 11 is 0. The molecule has 0 radical (unpaired) electrons. The van der Waals surface area contributed by atoms with Crippen molar-refractivity contribution in [2.75, 3.05) is 27.8 Å². The Labute approximate surface area is 133 Å². The van der Waals surface area contributed by atoms with Crippen LogP contribution in [-0.2, 0) is 13.0 Å². The topological polar surface area (TPSA) is 93.5 Å². The number of nitro groups is 1. The summed E-state index contributed by atoms with van der Waals surface area (Å²) in [6.45, 7) is 1.69. The quantitative estimate of drug-likeness (QED) is 0.684. The molecule has 0 unspecified atom stereocenters. The number of nitrogens with one attached hydrogen (secondary N) is 1. The van der Waals surface area contributed by atoms with Crippen LogP contribution in [0.5, 0.6) is 11.5 Å². The van der Waals surface area contributed by atoms with Crippen molar-refractivity contribution in [1.82, 2.24) is 15.1 Å². The third-order valence-electron chi connectivity index (χ3n) is 4.08. The molecular weight excluding hydrogens is 300 g/mol. The van der Waals surface area contributed by atoms with Crippen molar-refractivity contribution in [1.29, 1.82) is 0 Å². The lowest BCUT2D eigenvalue weighted by molar-refractivity contribution is -0.385. The standard InChI is InChI=1S/C15H18N4O4/c1-18-5-4-11-10(8-18)15(17-16-11)9-6-12(19(20)21)14(23-3)7-13(9)22-2/h6-7H,4-5,8H2,1-3H3,(H,16,17). The molecule has 2 aromatic rings. The lowest BCUT2D eigenvalue weighted by Gasteiger charge is -2.22. The molecule has 0 saturated carbocycles. The lowest BCUT2D eigenvalue weighted by Crippen LogP contribution is -2.26. The van der Waals surface area contributed by atoms with Crippen LogP contribution >= 0.6 is 0 Å². The van der Waals surface area contributed by atoms with Gasteiger partial charge in [0.05, 0.1) is 24.7 Å². The van der Waals surface area contributed by atoms with Gasteiger partial charge in [-0.3, -0.25) is 15.2 Å². The highest BCUT2D eigenvalue weighted by Gasteiger charge is 2.26. The summed E-state index contributed by atoms with van der Waals surface area (Å²) in [6.07, 6.45) is 0.874. The van der Waals surface area contributed by atoms with Crippen molar-refractivity contribution in [3.05, 3.63) is 33.5 Å². The smallest absolute Gasteiger partial charge is 0.311 e. The Morgan fingerprint density at radius 2 is 2.04 bits per heavy atom. The van der Waals surface area contributed by atoms with Crippen LogP contribution in [0.15, 0.2) is 12.1 Å². The van der Waals surface area contributed by atoms with Gasteiger partial charge in [-0.25, -0.2) is 0 Å². The summed E-state index contributed by atoms with van der Waals surface area (Å²) in [7, 11) is 4.95. The van der Waals surface area contributed by atoms with Crippen molar-refractivity contribution in [3.63, 3.8) is 0 Å². The molecule has 0 bridgehead atoms. The van der Waals surface area contributed by atoms with Crippen LogP contribution in [0.4, 0.5) is 5.69 Å². The molecule has 0 fully saturated rings. The maximum absolute atomic E-state index is 11.3. The zero-order valence-corrected chi connectivity index (χ0v) is 13.3. The summed E-state index contributed by atoms with van der Waals surface area (Å²) in [4.78, 5) is 13.0. The molecule has 1 aliphatic heterocycles. The Balaban J connectivity index is 2.18. The molecule has 1 aromatic carbocycles. The second-order valence-electron chi connectivity index (χ2n) is 5.50. The number of likely N-dealkylation sites (N-methyl/N-ethyl adjacent to an activating group) is 1. The summed E-state index contributed by atoms with van der Waals surface area (Å²) in [5.41, 5.74) is 3.29. The minimum absolute atomic E-state index is 0.107. The number of H-pyrrole nitrogens is 1. The van der Waals surface area contributed by atoms with E-state index >= 15 is 0 Å². The molecular formula is C15H18N4O4. The van der Waals surface area contributed by atoms with E-state index < -0.39 is 4.92 Å². The van der Waals surface area contributed by atoms with Gasteiger partial charge in [0.1, 0.15) is 11.4 Å². The van der Waals surface area contributed by atoms with E-state index in [0.29, 0.717) is 17.0 Å². The van der Waals surface area contributed by atoms with Crippen LogP contribution in [0.25, 0.3) is 11.3 Å². The monoisotopic (exact) mass is 318 g/mol. The van der Waals surface area contributed by atoms with E-state index in [4.69, 9.17) is 9.47 Å². The Kier molecular flexibility index (Phi) is 3.91. The number of hydrogen-bond acceptors (Lipinski definition) is 6. The molecule has 23 heavy (non-hydrogen) atoms. The van der Waals surface area contributed by atoms with E-state index in [1.807, 2.05) is 7.05 Å². The third-order valence-corrected chi connectivity index (χ3v) is 4.08. The number of rotatable bonds is 4. The first kappa shape index (κ1) is 15.3. The van der Waals surface area contributed by atoms with Crippen LogP contribution in [0, 0.1) is 10.1 Å². The average molecular weight is 318 g/mol. The molecule has 122 valence electrons. The number of benzene rings is 1. The van der Waals surface area contributed by atoms with E-state index in [-0.39, 0.29) is 11.4 Å². The van der Waals surface area contributed by atoms with Gasteiger partial charge in [0.2, 0.25) is 5.75 Å². The maximum atomic E-state index is 11.3. The van der Waals surface area contributed by atoms with Crippen LogP contribution in [0.1, 0.15) is 11.3 Å². The van der Waals surface area contributed by atoms with Crippen molar-refractivity contribution >= 4 is 5.69 Å². The molecule has 0 atom stereocenters. The SMILES string of the molecule is COc1cc(OC)c([N+](=O)[O-])cc1-c1n[nH]c2c1CN(C)CC2. The minimum Gasteiger partial charge on any atom is -0.496 e. The van der Waals surface area contributed by atoms with Gasteiger partial charge in [-0.05, 0) is 7.05 Å². The molecule has 1 N–H and O–H groups in total. The number of aromatic nitrogens is 2. The highest BCUT2D eigenvalue weighted by molar-refractivity contribution is 5.76. The largest absolute Gasteiger partial charge is 0.496 e. The Morgan fingerprint density at radius 1 is 1.30 bits per heavy atom. The summed E-state index contributed by atoms with van der Waals surface area (Å²) in [5, 5.41) is 18.7. The van der Waals surface area contributed by atoms with Crippen molar-refractivity contribution in [3.8, 4) is 22.8 Å². The van der Waals surface area contributed by atoms with E-state index in [9.17, 15) is 10.1 Å². The number of nitro benzene ring substituents is 1. The van der Waals surface area contributed by atoms with Gasteiger partial charge < -0.3 is 14.4 Å². The summed E-state index contributed by atoms with van der Waals surface area (Å²) in [5.74, 6) is 0.659. The van der Waals surface area contributed by atoms with Gasteiger partial charge in [-0.1, -0.05) is 0 Å². The molecule has 0 saturated heterocycles. The fraction of sp³-hybridized carbons (Fsp3) is 0.400. The number of hydrogen-bond donors (Lipinski definition) is 1. The summed E-state index contributed by atoms with van der Waals surface area (Å²) < 4.78 is 10.5. The first-order valence-corrected chi connectivity index (χ1v) is 7.20. The first-order chi connectivity index (χ1) is 11.0. The van der Waals surface area contributed by atoms with E-state index in [0.717, 1.165) is 30.8 Å². The zero-order valence-electron chi connectivity index (χ0n) is 13.3. The molecule has 0 amide bonds. The van der Waals surface area contributed by atoms with E-state index in [1.54, 1.807) is 0 Å². The van der Waals surface area contributed by atoms with Crippen molar-refractivity contribution < 1.29 is 14.4 Å². The predicted octanol–water partition coefficient (Wildman–Crippen LogP) is 1.99. The first-order valence-electron chi connectivity index (χ1n) is 7.20. The van der Waals surface area contributed by atoms with Gasteiger partial charge >= 0.3 is 5.69 Å². The molecule has 0 spiro atoms. The van der Waals surface area contributed by atoms with E-state index in [1.165, 1.54) is 26.4 Å². The van der Waals surface area contributed by atoms with Crippen molar-refractivity contribution in [2.24, 2.45) is 0 Å². The second-order valence-corrected chi connectivity index (χ2v) is 5.50. The lowest BCUT2D eigenvalue weighted by atomic mass is 10.00. The Hall–Kier alpha value is -2.61. The minimum atomic E-state index is -0.465. The third kappa shape index (κ3) is 2.61. The Morgan fingerprint density at radius 3 is 2.70 bits per heavy atom. The molecule has 8 nitrogen and oxygen atoms in total. The van der Waals surface area contributed by atoms with Crippen LogP contribution in [0.3, 0.4) is 0 Å². The molecule has 1 aromatic heterocycles. The fourth-order valence-corrected chi connectivity index (χ4v) is 2.86. The highest BCUT2D eigenvalue weighted by atomic mass is 16.6. The van der Waals surface area contributed by atoms with Crippen LogP contribution in [-0.4, -0.2) is 47.8 Å². The number of aromatic amines is 1. The molecule has 2 heterocycles. The molecule has 8 heteroatoms. The number of methoxy groups -OCH3 is 2. The summed E-state index contributed by atoms with van der Waals surface area (Å²) in [6, 6.07) is 2.99. The van der Waals surface area contributed by atoms with Gasteiger partial charge in [0.25, 0.3) is 0 Å².